The number of carbonyl (C=O) groups is 2. The first-order chi connectivity index (χ1) is 13.5. The lowest BCUT2D eigenvalue weighted by Gasteiger charge is -2.19. The van der Waals surface area contributed by atoms with E-state index in [1.54, 1.807) is 56.6 Å². The summed E-state index contributed by atoms with van der Waals surface area (Å²) in [4.78, 5) is 25.2. The predicted molar refractivity (Wildman–Crippen MR) is 104 cm³/mol. The van der Waals surface area contributed by atoms with Gasteiger partial charge in [0.25, 0.3) is 11.8 Å². The average molecular weight is 386 g/mol. The highest BCUT2D eigenvalue weighted by Gasteiger charge is 2.16. The van der Waals surface area contributed by atoms with Crippen molar-refractivity contribution in [2.45, 2.75) is 0 Å². The van der Waals surface area contributed by atoms with Gasteiger partial charge in [0, 0.05) is 23.5 Å². The third-order valence-electron chi connectivity index (χ3n) is 4.10. The number of ether oxygens (including phenoxy) is 3. The number of nitrogens with one attached hydrogen (secondary N) is 3. The third kappa shape index (κ3) is 5.37. The third-order valence-corrected chi connectivity index (χ3v) is 4.10. The molecule has 2 aromatic carbocycles. The number of fused-ring (bicyclic) bond motifs is 1. The molecular formula is C20H24N3O5+. The number of benzene rings is 2. The van der Waals surface area contributed by atoms with Gasteiger partial charge in [0.1, 0.15) is 19.0 Å². The molecule has 1 aliphatic heterocycles. The van der Waals surface area contributed by atoms with Gasteiger partial charge < -0.3 is 29.7 Å². The monoisotopic (exact) mass is 386 g/mol. The van der Waals surface area contributed by atoms with Gasteiger partial charge >= 0.3 is 0 Å². The molecule has 0 saturated carbocycles. The summed E-state index contributed by atoms with van der Waals surface area (Å²) in [5.74, 6) is 1.57. The molecule has 0 aromatic heterocycles. The van der Waals surface area contributed by atoms with Crippen LogP contribution in [-0.2, 0) is 9.59 Å². The summed E-state index contributed by atoms with van der Waals surface area (Å²) in [6, 6.07) is 12.4. The minimum absolute atomic E-state index is 0.153. The quantitative estimate of drug-likeness (QED) is 0.647. The first kappa shape index (κ1) is 19.5. The maximum Gasteiger partial charge on any atom is 0.279 e. The van der Waals surface area contributed by atoms with Crippen molar-refractivity contribution in [2.75, 3.05) is 51.1 Å². The van der Waals surface area contributed by atoms with Gasteiger partial charge in [0.15, 0.2) is 24.6 Å². The van der Waals surface area contributed by atoms with Crippen molar-refractivity contribution >= 4 is 23.2 Å². The average Bonchev–Trinajstić information content (AvgIpc) is 2.67. The molecule has 2 aromatic rings. The zero-order valence-corrected chi connectivity index (χ0v) is 15.9. The molecule has 1 heterocycles. The second-order valence-electron chi connectivity index (χ2n) is 6.50. The van der Waals surface area contributed by atoms with E-state index in [1.807, 2.05) is 0 Å². The molecule has 3 rings (SSSR count). The van der Waals surface area contributed by atoms with Crippen LogP contribution in [0.15, 0.2) is 42.5 Å². The van der Waals surface area contributed by atoms with E-state index in [0.29, 0.717) is 41.8 Å². The molecule has 0 radical (unpaired) electrons. The normalized spacial score (nSPS) is 13.4. The van der Waals surface area contributed by atoms with Crippen molar-refractivity contribution in [1.82, 2.24) is 0 Å². The molecule has 3 N–H and O–H groups in total. The molecule has 1 atom stereocenters. The molecular weight excluding hydrogens is 362 g/mol. The predicted octanol–water partition coefficient (Wildman–Crippen LogP) is 0.558. The highest BCUT2D eigenvalue weighted by Crippen LogP contribution is 2.32. The highest BCUT2D eigenvalue weighted by molar-refractivity contribution is 5.93. The maximum atomic E-state index is 12.3. The number of anilines is 2. The molecule has 0 fully saturated rings. The lowest BCUT2D eigenvalue weighted by atomic mass is 10.2. The summed E-state index contributed by atoms with van der Waals surface area (Å²) >= 11 is 0. The van der Waals surface area contributed by atoms with Crippen molar-refractivity contribution in [3.05, 3.63) is 42.5 Å². The smallest absolute Gasteiger partial charge is 0.279 e. The van der Waals surface area contributed by atoms with Crippen LogP contribution in [0.3, 0.4) is 0 Å². The number of rotatable bonds is 7. The molecule has 28 heavy (non-hydrogen) atoms. The Hall–Kier alpha value is -3.26. The second-order valence-corrected chi connectivity index (χ2v) is 6.50. The number of amides is 2. The van der Waals surface area contributed by atoms with Crippen LogP contribution in [0.2, 0.25) is 0 Å². The molecule has 8 nitrogen and oxygen atoms in total. The summed E-state index contributed by atoms with van der Waals surface area (Å²) in [5, 5.41) is 5.62. The Balaban J connectivity index is 1.47. The number of hydrogen-bond donors (Lipinski definition) is 3. The Morgan fingerprint density at radius 2 is 1.61 bits per heavy atom. The first-order valence-corrected chi connectivity index (χ1v) is 8.98. The molecule has 1 aliphatic rings. The van der Waals surface area contributed by atoms with E-state index in [4.69, 9.17) is 14.2 Å². The number of carbonyl (C=O) groups excluding carboxylic acids is 2. The molecule has 148 valence electrons. The van der Waals surface area contributed by atoms with Crippen LogP contribution in [0.5, 0.6) is 17.2 Å². The molecule has 0 aliphatic carbocycles. The number of hydrogen-bond acceptors (Lipinski definition) is 5. The van der Waals surface area contributed by atoms with Crippen LogP contribution < -0.4 is 29.7 Å². The summed E-state index contributed by atoms with van der Waals surface area (Å²) in [5.41, 5.74) is 1.28. The molecule has 8 heteroatoms. The summed E-state index contributed by atoms with van der Waals surface area (Å²) in [6.07, 6.45) is 0. The topological polar surface area (TPSA) is 90.3 Å². The van der Waals surface area contributed by atoms with E-state index in [2.05, 4.69) is 10.6 Å². The highest BCUT2D eigenvalue weighted by atomic mass is 16.6. The zero-order valence-electron chi connectivity index (χ0n) is 15.9. The van der Waals surface area contributed by atoms with Crippen molar-refractivity contribution in [2.24, 2.45) is 0 Å². The van der Waals surface area contributed by atoms with E-state index in [9.17, 15) is 9.59 Å². The lowest BCUT2D eigenvalue weighted by molar-refractivity contribution is -0.862. The fourth-order valence-corrected chi connectivity index (χ4v) is 2.84. The van der Waals surface area contributed by atoms with E-state index in [-0.39, 0.29) is 24.9 Å². The van der Waals surface area contributed by atoms with Gasteiger partial charge in [-0.1, -0.05) is 6.07 Å². The van der Waals surface area contributed by atoms with Crippen molar-refractivity contribution in [3.63, 3.8) is 0 Å². The second kappa shape index (κ2) is 9.09. The summed E-state index contributed by atoms with van der Waals surface area (Å²) in [6.45, 7) is 1.32. The minimum Gasteiger partial charge on any atom is -0.497 e. The Kier molecular flexibility index (Phi) is 6.33. The van der Waals surface area contributed by atoms with Crippen LogP contribution >= 0.6 is 0 Å². The fraction of sp³-hybridized carbons (Fsp3) is 0.300. The standard InChI is InChI=1S/C20H23N3O5/c1-23(12-19(24)21-14-4-3-5-16(10-14)26-2)13-20(25)22-15-6-7-17-18(11-15)28-9-8-27-17/h3-7,10-11H,8-9,12-13H2,1-2H3,(H,21,24)(H,22,25)/p+1. The van der Waals surface area contributed by atoms with Crippen molar-refractivity contribution in [1.29, 1.82) is 0 Å². The lowest BCUT2D eigenvalue weighted by Crippen LogP contribution is -3.11. The van der Waals surface area contributed by atoms with Crippen LogP contribution in [0.25, 0.3) is 0 Å². The largest absolute Gasteiger partial charge is 0.497 e. The van der Waals surface area contributed by atoms with Crippen LogP contribution in [0.1, 0.15) is 0 Å². The Labute approximate surface area is 163 Å². The SMILES string of the molecule is COc1cccc(NC(=O)C[NH+](C)CC(=O)Nc2ccc3c(c2)OCCO3)c1. The molecule has 0 spiro atoms. The summed E-state index contributed by atoms with van der Waals surface area (Å²) in [7, 11) is 3.35. The van der Waals surface area contributed by atoms with Gasteiger partial charge in [-0.25, -0.2) is 0 Å². The minimum atomic E-state index is -0.191. The van der Waals surface area contributed by atoms with E-state index in [0.717, 1.165) is 4.90 Å². The van der Waals surface area contributed by atoms with Crippen LogP contribution in [0, 0.1) is 0 Å². The zero-order chi connectivity index (χ0) is 19.9. The van der Waals surface area contributed by atoms with E-state index in [1.165, 1.54) is 0 Å². The first-order valence-electron chi connectivity index (χ1n) is 8.98. The molecule has 0 bridgehead atoms. The fourth-order valence-electron chi connectivity index (χ4n) is 2.84. The van der Waals surface area contributed by atoms with Gasteiger partial charge in [0.2, 0.25) is 0 Å². The Bertz CT molecular complexity index is 855. The van der Waals surface area contributed by atoms with E-state index < -0.39 is 0 Å². The number of likely N-dealkylation sites (N-methyl/N-ethyl adjacent to an activating group) is 1. The Morgan fingerprint density at radius 3 is 2.29 bits per heavy atom. The molecule has 2 amide bonds. The Morgan fingerprint density at radius 1 is 0.964 bits per heavy atom. The number of quaternary nitrogens is 1. The van der Waals surface area contributed by atoms with Gasteiger partial charge in [-0.2, -0.15) is 0 Å². The van der Waals surface area contributed by atoms with Crippen LogP contribution in [-0.4, -0.2) is 52.3 Å². The number of methoxy groups -OCH3 is 1. The van der Waals surface area contributed by atoms with Gasteiger partial charge in [0.05, 0.1) is 14.2 Å². The van der Waals surface area contributed by atoms with Gasteiger partial charge in [-0.05, 0) is 24.3 Å². The summed E-state index contributed by atoms with van der Waals surface area (Å²) < 4.78 is 16.1. The maximum absolute atomic E-state index is 12.3. The van der Waals surface area contributed by atoms with Gasteiger partial charge in [-0.3, -0.25) is 9.59 Å². The van der Waals surface area contributed by atoms with E-state index >= 15 is 0 Å². The van der Waals surface area contributed by atoms with Gasteiger partial charge in [-0.15, -0.1) is 0 Å². The molecule has 0 saturated heterocycles. The molecule has 1 unspecified atom stereocenters. The van der Waals surface area contributed by atoms with Crippen molar-refractivity contribution < 1.29 is 28.7 Å². The van der Waals surface area contributed by atoms with Crippen LogP contribution in [0.4, 0.5) is 11.4 Å². The van der Waals surface area contributed by atoms with Crippen molar-refractivity contribution in [3.8, 4) is 17.2 Å².